The number of thioether (sulfide) groups is 1. The monoisotopic (exact) mass is 396 g/mol. The highest BCUT2D eigenvalue weighted by Crippen LogP contribution is 2.24. The van der Waals surface area contributed by atoms with Crippen LogP contribution in [0.15, 0.2) is 51.4 Å². The van der Waals surface area contributed by atoms with Gasteiger partial charge in [-0.05, 0) is 18.1 Å². The fourth-order valence-electron chi connectivity index (χ4n) is 3.03. The van der Waals surface area contributed by atoms with Gasteiger partial charge < -0.3 is 4.52 Å². The van der Waals surface area contributed by atoms with Crippen LogP contribution in [0.1, 0.15) is 25.6 Å². The summed E-state index contributed by atoms with van der Waals surface area (Å²) in [7, 11) is 0. The molecule has 0 aliphatic heterocycles. The van der Waals surface area contributed by atoms with Gasteiger partial charge in [0.05, 0.1) is 16.7 Å². The van der Waals surface area contributed by atoms with E-state index in [-0.39, 0.29) is 5.56 Å². The molecule has 0 saturated carbocycles. The van der Waals surface area contributed by atoms with Crippen molar-refractivity contribution in [2.24, 2.45) is 5.92 Å². The third-order valence-electron chi connectivity index (χ3n) is 4.21. The minimum atomic E-state index is -0.108. The molecular weight excluding hydrogens is 376 g/mol. The largest absolute Gasteiger partial charge is 0.339 e. The summed E-state index contributed by atoms with van der Waals surface area (Å²) in [6.07, 6.45) is 2.43. The van der Waals surface area contributed by atoms with Crippen molar-refractivity contribution in [3.05, 3.63) is 59.0 Å². The second-order valence-electron chi connectivity index (χ2n) is 6.83. The van der Waals surface area contributed by atoms with Crippen molar-refractivity contribution in [3.8, 4) is 0 Å². The van der Waals surface area contributed by atoms with Crippen LogP contribution in [-0.2, 0) is 18.7 Å². The average Bonchev–Trinajstić information content (AvgIpc) is 3.30. The van der Waals surface area contributed by atoms with Gasteiger partial charge in [-0.3, -0.25) is 13.8 Å². The van der Waals surface area contributed by atoms with Gasteiger partial charge in [0.25, 0.3) is 5.56 Å². The third-order valence-corrected chi connectivity index (χ3v) is 5.14. The number of fused-ring (bicyclic) bond motifs is 3. The van der Waals surface area contributed by atoms with E-state index in [0.717, 1.165) is 11.9 Å². The maximum absolute atomic E-state index is 12.8. The zero-order chi connectivity index (χ0) is 19.7. The molecule has 0 N–H and O–H groups in total. The Balaban J connectivity index is 1.73. The van der Waals surface area contributed by atoms with E-state index in [1.165, 1.54) is 11.8 Å². The molecule has 0 atom stereocenters. The Morgan fingerprint density at radius 2 is 2.11 bits per heavy atom. The highest BCUT2D eigenvalue weighted by Gasteiger charge is 2.17. The van der Waals surface area contributed by atoms with Gasteiger partial charge in [-0.2, -0.15) is 4.98 Å². The molecular formula is C19H20N6O2S. The average molecular weight is 396 g/mol. The summed E-state index contributed by atoms with van der Waals surface area (Å²) in [6.45, 7) is 8.31. The predicted octanol–water partition coefficient (Wildman–Crippen LogP) is 3.10. The molecule has 3 heterocycles. The second-order valence-corrected chi connectivity index (χ2v) is 7.77. The summed E-state index contributed by atoms with van der Waals surface area (Å²) < 4.78 is 8.76. The van der Waals surface area contributed by atoms with E-state index in [2.05, 4.69) is 40.8 Å². The van der Waals surface area contributed by atoms with Crippen molar-refractivity contribution in [1.29, 1.82) is 0 Å². The smallest absolute Gasteiger partial charge is 0.263 e. The molecule has 0 spiro atoms. The maximum Gasteiger partial charge on any atom is 0.263 e. The predicted molar refractivity (Wildman–Crippen MR) is 107 cm³/mol. The molecule has 0 aliphatic rings. The number of nitrogens with zero attached hydrogens (tertiary/aromatic N) is 6. The van der Waals surface area contributed by atoms with Gasteiger partial charge in [0, 0.05) is 13.0 Å². The molecule has 9 heteroatoms. The first kappa shape index (κ1) is 18.4. The van der Waals surface area contributed by atoms with Crippen molar-refractivity contribution in [1.82, 2.24) is 29.3 Å². The number of hydrogen-bond acceptors (Lipinski definition) is 7. The quantitative estimate of drug-likeness (QED) is 0.350. The van der Waals surface area contributed by atoms with Crippen LogP contribution in [-0.4, -0.2) is 29.3 Å². The lowest BCUT2D eigenvalue weighted by molar-refractivity contribution is 0.360. The molecule has 0 radical (unpaired) electrons. The summed E-state index contributed by atoms with van der Waals surface area (Å²) >= 11 is 1.45. The summed E-state index contributed by atoms with van der Waals surface area (Å²) in [5.74, 6) is 2.69. The van der Waals surface area contributed by atoms with Crippen molar-refractivity contribution >= 4 is 28.4 Å². The lowest BCUT2D eigenvalue weighted by Crippen LogP contribution is -2.22. The zero-order valence-electron chi connectivity index (χ0n) is 15.7. The Kier molecular flexibility index (Phi) is 4.99. The van der Waals surface area contributed by atoms with Gasteiger partial charge in [-0.25, -0.2) is 0 Å². The summed E-state index contributed by atoms with van der Waals surface area (Å²) in [5, 5.41) is 13.9. The van der Waals surface area contributed by atoms with E-state index in [0.29, 0.717) is 46.3 Å². The SMILES string of the molecule is C=CCn1c(=O)c2ccccc2n2c(SCc3noc(CC(C)C)n3)nnc12. The molecule has 0 amide bonds. The molecule has 0 aliphatic carbocycles. The minimum Gasteiger partial charge on any atom is -0.339 e. The van der Waals surface area contributed by atoms with Crippen LogP contribution < -0.4 is 5.56 Å². The second kappa shape index (κ2) is 7.59. The van der Waals surface area contributed by atoms with Crippen LogP contribution in [0.4, 0.5) is 0 Å². The summed E-state index contributed by atoms with van der Waals surface area (Å²) in [4.78, 5) is 17.2. The fourth-order valence-corrected chi connectivity index (χ4v) is 3.81. The van der Waals surface area contributed by atoms with Crippen molar-refractivity contribution < 1.29 is 4.52 Å². The topological polar surface area (TPSA) is 91.1 Å². The van der Waals surface area contributed by atoms with E-state index in [1.807, 2.05) is 28.7 Å². The van der Waals surface area contributed by atoms with Gasteiger partial charge in [0.1, 0.15) is 0 Å². The highest BCUT2D eigenvalue weighted by atomic mass is 32.2. The minimum absolute atomic E-state index is 0.108. The Morgan fingerprint density at radius 3 is 2.89 bits per heavy atom. The fraction of sp³-hybridized carbons (Fsp3) is 0.316. The molecule has 4 aromatic rings. The van der Waals surface area contributed by atoms with Crippen LogP contribution in [0.3, 0.4) is 0 Å². The molecule has 0 fully saturated rings. The number of benzene rings is 1. The molecule has 1 aromatic carbocycles. The number of allylic oxidation sites excluding steroid dienone is 1. The summed E-state index contributed by atoms with van der Waals surface area (Å²) in [6, 6.07) is 7.44. The van der Waals surface area contributed by atoms with Crippen LogP contribution in [0.2, 0.25) is 0 Å². The van der Waals surface area contributed by atoms with Crippen LogP contribution in [0.25, 0.3) is 16.7 Å². The molecule has 0 saturated heterocycles. The molecule has 4 rings (SSSR count). The van der Waals surface area contributed by atoms with Crippen molar-refractivity contribution in [2.45, 2.75) is 37.7 Å². The number of hydrogen-bond donors (Lipinski definition) is 0. The van der Waals surface area contributed by atoms with E-state index < -0.39 is 0 Å². The molecule has 0 bridgehead atoms. The molecule has 144 valence electrons. The van der Waals surface area contributed by atoms with Gasteiger partial charge in [0.15, 0.2) is 11.0 Å². The normalized spacial score (nSPS) is 11.7. The molecule has 28 heavy (non-hydrogen) atoms. The van der Waals surface area contributed by atoms with Crippen molar-refractivity contribution in [3.63, 3.8) is 0 Å². The Morgan fingerprint density at radius 1 is 1.29 bits per heavy atom. The van der Waals surface area contributed by atoms with Crippen LogP contribution in [0, 0.1) is 5.92 Å². The van der Waals surface area contributed by atoms with Gasteiger partial charge in [-0.1, -0.05) is 49.0 Å². The lowest BCUT2D eigenvalue weighted by atomic mass is 10.1. The van der Waals surface area contributed by atoms with Gasteiger partial charge in [0.2, 0.25) is 11.7 Å². The molecule has 0 unspecified atom stereocenters. The first-order chi connectivity index (χ1) is 13.6. The standard InChI is InChI=1S/C19H20N6O2S/c1-4-9-24-17(26)13-7-5-6-8-14(13)25-18(24)21-22-19(25)28-11-15-20-16(27-23-15)10-12(2)3/h4-8,12H,1,9-11H2,2-3H3. The number of para-hydroxylation sites is 1. The number of rotatable bonds is 7. The first-order valence-electron chi connectivity index (χ1n) is 9.00. The molecule has 3 aromatic heterocycles. The lowest BCUT2D eigenvalue weighted by Gasteiger charge is -2.09. The van der Waals surface area contributed by atoms with E-state index >= 15 is 0 Å². The Labute approximate surface area is 165 Å². The summed E-state index contributed by atoms with van der Waals surface area (Å²) in [5.41, 5.74) is 0.660. The first-order valence-corrected chi connectivity index (χ1v) is 9.99. The van der Waals surface area contributed by atoms with E-state index in [9.17, 15) is 4.79 Å². The Bertz CT molecular complexity index is 1210. The van der Waals surface area contributed by atoms with Crippen LogP contribution in [0.5, 0.6) is 0 Å². The van der Waals surface area contributed by atoms with E-state index in [4.69, 9.17) is 4.52 Å². The van der Waals surface area contributed by atoms with E-state index in [1.54, 1.807) is 10.6 Å². The van der Waals surface area contributed by atoms with Crippen molar-refractivity contribution in [2.75, 3.05) is 0 Å². The highest BCUT2D eigenvalue weighted by molar-refractivity contribution is 7.98. The third kappa shape index (κ3) is 3.33. The van der Waals surface area contributed by atoms with Gasteiger partial charge in [-0.15, -0.1) is 16.8 Å². The van der Waals surface area contributed by atoms with Gasteiger partial charge >= 0.3 is 0 Å². The zero-order valence-corrected chi connectivity index (χ0v) is 16.5. The molecule has 8 nitrogen and oxygen atoms in total. The van der Waals surface area contributed by atoms with Crippen LogP contribution >= 0.6 is 11.8 Å². The maximum atomic E-state index is 12.8. The number of aromatic nitrogens is 6. The Hall–Kier alpha value is -2.94.